The van der Waals surface area contributed by atoms with Gasteiger partial charge in [0, 0.05) is 6.54 Å². The number of amides is 1. The van der Waals surface area contributed by atoms with E-state index in [2.05, 4.69) is 15.4 Å². The Morgan fingerprint density at radius 3 is 2.39 bits per heavy atom. The van der Waals surface area contributed by atoms with E-state index in [1.165, 1.54) is 25.3 Å². The minimum absolute atomic E-state index is 0.0786. The monoisotopic (exact) mass is 398 g/mol. The molecule has 0 aromatic heterocycles. The normalized spacial score (nSPS) is 10.9. The standard InChI is InChI=1S/C19H21F3N2O4/c1-26-16-8-7-13(11-17(16)27-2)9-10-23-18(25)12-24-14-5-3-4-6-15(14)28-19(20,21)22/h3-8,11,24H,9-10,12H2,1-2H3,(H,23,25). The van der Waals surface area contributed by atoms with Crippen LogP contribution in [0.1, 0.15) is 5.56 Å². The summed E-state index contributed by atoms with van der Waals surface area (Å²) in [6.07, 6.45) is -4.25. The minimum Gasteiger partial charge on any atom is -0.493 e. The fourth-order valence-corrected chi connectivity index (χ4v) is 2.45. The Labute approximate surface area is 160 Å². The zero-order valence-corrected chi connectivity index (χ0v) is 15.4. The number of para-hydroxylation sites is 2. The van der Waals surface area contributed by atoms with Gasteiger partial charge in [0.25, 0.3) is 0 Å². The fourth-order valence-electron chi connectivity index (χ4n) is 2.45. The summed E-state index contributed by atoms with van der Waals surface area (Å²) in [5.41, 5.74) is 1.02. The third kappa shape index (κ3) is 6.57. The predicted octanol–water partition coefficient (Wildman–Crippen LogP) is 3.37. The van der Waals surface area contributed by atoms with Gasteiger partial charge in [-0.25, -0.2) is 0 Å². The molecule has 0 heterocycles. The number of rotatable bonds is 9. The molecule has 0 bridgehead atoms. The summed E-state index contributed by atoms with van der Waals surface area (Å²) in [4.78, 5) is 11.9. The van der Waals surface area contributed by atoms with Crippen molar-refractivity contribution in [3.8, 4) is 17.2 Å². The van der Waals surface area contributed by atoms with Gasteiger partial charge in [-0.15, -0.1) is 13.2 Å². The number of halogens is 3. The lowest BCUT2D eigenvalue weighted by atomic mass is 10.1. The number of anilines is 1. The minimum atomic E-state index is -4.81. The summed E-state index contributed by atoms with van der Waals surface area (Å²) < 4.78 is 51.5. The zero-order valence-electron chi connectivity index (χ0n) is 15.4. The Bertz CT molecular complexity index is 797. The highest BCUT2D eigenvalue weighted by Crippen LogP contribution is 2.30. The molecule has 2 aromatic rings. The molecule has 0 aliphatic heterocycles. The highest BCUT2D eigenvalue weighted by Gasteiger charge is 2.32. The quantitative estimate of drug-likeness (QED) is 0.678. The van der Waals surface area contributed by atoms with Crippen molar-refractivity contribution in [3.05, 3.63) is 48.0 Å². The largest absolute Gasteiger partial charge is 0.573 e. The predicted molar refractivity (Wildman–Crippen MR) is 97.9 cm³/mol. The molecule has 0 unspecified atom stereocenters. The molecule has 0 atom stereocenters. The summed E-state index contributed by atoms with van der Waals surface area (Å²) >= 11 is 0. The van der Waals surface area contributed by atoms with E-state index in [1.54, 1.807) is 19.2 Å². The highest BCUT2D eigenvalue weighted by molar-refractivity contribution is 5.81. The molecule has 0 aliphatic carbocycles. The number of carbonyl (C=O) groups excluding carboxylic acids is 1. The van der Waals surface area contributed by atoms with E-state index in [0.717, 1.165) is 5.56 Å². The van der Waals surface area contributed by atoms with E-state index in [4.69, 9.17) is 9.47 Å². The lowest BCUT2D eigenvalue weighted by Crippen LogP contribution is -2.31. The van der Waals surface area contributed by atoms with Gasteiger partial charge >= 0.3 is 6.36 Å². The zero-order chi connectivity index (χ0) is 20.6. The van der Waals surface area contributed by atoms with Crippen LogP contribution in [-0.4, -0.2) is 39.6 Å². The number of methoxy groups -OCH3 is 2. The van der Waals surface area contributed by atoms with E-state index in [-0.39, 0.29) is 18.1 Å². The molecule has 0 saturated heterocycles. The molecule has 6 nitrogen and oxygen atoms in total. The van der Waals surface area contributed by atoms with Crippen molar-refractivity contribution in [2.75, 3.05) is 32.6 Å². The molecular formula is C19H21F3N2O4. The van der Waals surface area contributed by atoms with Crippen molar-refractivity contribution in [2.24, 2.45) is 0 Å². The van der Waals surface area contributed by atoms with E-state index in [0.29, 0.717) is 24.5 Å². The van der Waals surface area contributed by atoms with Crippen LogP contribution in [0.15, 0.2) is 42.5 Å². The van der Waals surface area contributed by atoms with Gasteiger partial charge in [-0.05, 0) is 36.2 Å². The molecule has 0 spiro atoms. The third-order valence-corrected chi connectivity index (χ3v) is 3.74. The molecule has 2 aromatic carbocycles. The van der Waals surface area contributed by atoms with Crippen LogP contribution < -0.4 is 24.8 Å². The van der Waals surface area contributed by atoms with Crippen LogP contribution in [0.4, 0.5) is 18.9 Å². The first kappa shape index (κ1) is 21.2. The Hall–Kier alpha value is -3.10. The fraction of sp³-hybridized carbons (Fsp3) is 0.316. The van der Waals surface area contributed by atoms with Crippen LogP contribution in [0, 0.1) is 0 Å². The van der Waals surface area contributed by atoms with Gasteiger partial charge in [0.15, 0.2) is 17.2 Å². The van der Waals surface area contributed by atoms with Crippen molar-refractivity contribution in [2.45, 2.75) is 12.8 Å². The number of carbonyl (C=O) groups is 1. The van der Waals surface area contributed by atoms with Gasteiger partial charge in [-0.3, -0.25) is 4.79 Å². The van der Waals surface area contributed by atoms with Crippen molar-refractivity contribution < 1.29 is 32.2 Å². The molecule has 1 amide bonds. The molecule has 0 fully saturated rings. The average molecular weight is 398 g/mol. The van der Waals surface area contributed by atoms with Gasteiger partial charge in [0.1, 0.15) is 0 Å². The van der Waals surface area contributed by atoms with Crippen LogP contribution in [0.3, 0.4) is 0 Å². The average Bonchev–Trinajstić information content (AvgIpc) is 2.66. The topological polar surface area (TPSA) is 68.8 Å². The number of nitrogens with one attached hydrogen (secondary N) is 2. The molecule has 152 valence electrons. The molecule has 2 rings (SSSR count). The van der Waals surface area contributed by atoms with Crippen LogP contribution in [0.2, 0.25) is 0 Å². The molecule has 0 saturated carbocycles. The van der Waals surface area contributed by atoms with Gasteiger partial charge < -0.3 is 24.8 Å². The first-order valence-electron chi connectivity index (χ1n) is 8.38. The van der Waals surface area contributed by atoms with Crippen LogP contribution in [0.5, 0.6) is 17.2 Å². The summed E-state index contributed by atoms with van der Waals surface area (Å²) in [6, 6.07) is 11.0. The van der Waals surface area contributed by atoms with E-state index >= 15 is 0 Å². The van der Waals surface area contributed by atoms with Crippen molar-refractivity contribution in [1.82, 2.24) is 5.32 Å². The number of hydrogen-bond donors (Lipinski definition) is 2. The number of hydrogen-bond acceptors (Lipinski definition) is 5. The molecule has 0 radical (unpaired) electrons. The Kier molecular flexibility index (Phi) is 7.36. The maximum Gasteiger partial charge on any atom is 0.573 e. The van der Waals surface area contributed by atoms with Gasteiger partial charge in [0.05, 0.1) is 26.5 Å². The van der Waals surface area contributed by atoms with Gasteiger partial charge in [-0.1, -0.05) is 18.2 Å². The number of ether oxygens (including phenoxy) is 3. The van der Waals surface area contributed by atoms with E-state index in [9.17, 15) is 18.0 Å². The highest BCUT2D eigenvalue weighted by atomic mass is 19.4. The Balaban J connectivity index is 1.83. The second-order valence-corrected chi connectivity index (χ2v) is 5.69. The van der Waals surface area contributed by atoms with Crippen LogP contribution in [0.25, 0.3) is 0 Å². The van der Waals surface area contributed by atoms with Crippen molar-refractivity contribution in [1.29, 1.82) is 0 Å². The molecule has 9 heteroatoms. The summed E-state index contributed by atoms with van der Waals surface area (Å²) in [5.74, 6) is 0.448. The first-order chi connectivity index (χ1) is 13.3. The van der Waals surface area contributed by atoms with Crippen LogP contribution >= 0.6 is 0 Å². The Morgan fingerprint density at radius 2 is 1.71 bits per heavy atom. The number of alkyl halides is 3. The summed E-state index contributed by atoms with van der Waals surface area (Å²) in [5, 5.41) is 5.34. The summed E-state index contributed by atoms with van der Waals surface area (Å²) in [7, 11) is 3.08. The van der Waals surface area contributed by atoms with E-state index in [1.807, 2.05) is 12.1 Å². The summed E-state index contributed by atoms with van der Waals surface area (Å²) in [6.45, 7) is 0.168. The number of benzene rings is 2. The van der Waals surface area contributed by atoms with Gasteiger partial charge in [-0.2, -0.15) is 0 Å². The lowest BCUT2D eigenvalue weighted by Gasteiger charge is -2.14. The third-order valence-electron chi connectivity index (χ3n) is 3.74. The van der Waals surface area contributed by atoms with Crippen molar-refractivity contribution >= 4 is 11.6 Å². The van der Waals surface area contributed by atoms with Gasteiger partial charge in [0.2, 0.25) is 5.91 Å². The smallest absolute Gasteiger partial charge is 0.493 e. The molecule has 28 heavy (non-hydrogen) atoms. The maximum absolute atomic E-state index is 12.4. The van der Waals surface area contributed by atoms with Crippen molar-refractivity contribution in [3.63, 3.8) is 0 Å². The SMILES string of the molecule is COc1ccc(CCNC(=O)CNc2ccccc2OC(F)(F)F)cc1OC. The first-order valence-corrected chi connectivity index (χ1v) is 8.38. The molecular weight excluding hydrogens is 377 g/mol. The second kappa shape index (κ2) is 9.72. The molecule has 2 N–H and O–H groups in total. The lowest BCUT2D eigenvalue weighted by molar-refractivity contribution is -0.274. The maximum atomic E-state index is 12.4. The Morgan fingerprint density at radius 1 is 1.00 bits per heavy atom. The van der Waals surface area contributed by atoms with E-state index < -0.39 is 12.1 Å². The van der Waals surface area contributed by atoms with Crippen LogP contribution in [-0.2, 0) is 11.2 Å². The second-order valence-electron chi connectivity index (χ2n) is 5.69. The molecule has 0 aliphatic rings.